The molecule has 0 amide bonds. The summed E-state index contributed by atoms with van der Waals surface area (Å²) in [4.78, 5) is 13.0. The molecular formula is C18H12O7. The van der Waals surface area contributed by atoms with Crippen LogP contribution in [-0.4, -0.2) is 23.6 Å². The maximum atomic E-state index is 13.0. The second kappa shape index (κ2) is 4.46. The quantitative estimate of drug-likeness (QED) is 0.655. The first kappa shape index (κ1) is 14.2. The fraction of sp³-hybridized carbons (Fsp3) is 0.167. The highest BCUT2D eigenvalue weighted by molar-refractivity contribution is 5.97. The highest BCUT2D eigenvalue weighted by Gasteiger charge is 2.53. The van der Waals surface area contributed by atoms with Crippen molar-refractivity contribution in [3.63, 3.8) is 0 Å². The summed E-state index contributed by atoms with van der Waals surface area (Å²) in [6.07, 6.45) is 1.83. The highest BCUT2D eigenvalue weighted by Crippen LogP contribution is 2.52. The van der Waals surface area contributed by atoms with Gasteiger partial charge in [-0.05, 0) is 18.2 Å². The maximum Gasteiger partial charge on any atom is 0.277 e. The molecule has 5 rings (SSSR count). The topological polar surface area (TPSA) is 98.4 Å². The zero-order valence-electron chi connectivity index (χ0n) is 13.0. The fourth-order valence-electron chi connectivity index (χ4n) is 3.49. The molecule has 0 aliphatic carbocycles. The Morgan fingerprint density at radius 1 is 1.24 bits per heavy atom. The summed E-state index contributed by atoms with van der Waals surface area (Å²) in [7, 11) is 1.39. The molecule has 3 aromatic rings. The molecule has 2 atom stereocenters. The molecule has 2 N–H and O–H groups in total. The number of ether oxygens (including phenoxy) is 3. The lowest BCUT2D eigenvalue weighted by molar-refractivity contribution is -0.110. The maximum absolute atomic E-state index is 13.0. The van der Waals surface area contributed by atoms with Gasteiger partial charge in [-0.3, -0.25) is 4.79 Å². The van der Waals surface area contributed by atoms with Crippen molar-refractivity contribution in [2.75, 3.05) is 7.11 Å². The molecule has 126 valence electrons. The largest absolute Gasteiger partial charge is 0.507 e. The number of phenols is 1. The van der Waals surface area contributed by atoms with Crippen molar-refractivity contribution in [2.45, 2.75) is 11.9 Å². The first-order valence-electron chi connectivity index (χ1n) is 7.57. The molecule has 25 heavy (non-hydrogen) atoms. The van der Waals surface area contributed by atoms with E-state index in [2.05, 4.69) is 0 Å². The zero-order chi connectivity index (χ0) is 17.3. The van der Waals surface area contributed by atoms with Crippen LogP contribution in [0.2, 0.25) is 0 Å². The molecule has 7 nitrogen and oxygen atoms in total. The Hall–Kier alpha value is -3.19. The van der Waals surface area contributed by atoms with Crippen molar-refractivity contribution in [1.29, 1.82) is 0 Å². The molecule has 1 aromatic heterocycles. The minimum Gasteiger partial charge on any atom is -0.507 e. The first-order valence-corrected chi connectivity index (χ1v) is 7.57. The summed E-state index contributed by atoms with van der Waals surface area (Å²) in [5.74, 6) is 0.253. The third-order valence-electron chi connectivity index (χ3n) is 4.61. The number of hydrogen-bond donors (Lipinski definition) is 2. The number of fused-ring (bicyclic) bond motifs is 5. The van der Waals surface area contributed by atoms with Crippen molar-refractivity contribution in [2.24, 2.45) is 0 Å². The standard InChI is InChI=1S/C18H12O7/c1-22-16-13-10(24-9-4-2-3-8(19)12(9)15(13)20)7-11-14(16)18(21)5-6-23-17(18)25-11/h2-7,17,19,21H,1H3/t17?,18-/m1/s1. The van der Waals surface area contributed by atoms with Gasteiger partial charge in [0, 0.05) is 6.07 Å². The fourth-order valence-corrected chi connectivity index (χ4v) is 3.49. The van der Waals surface area contributed by atoms with E-state index in [4.69, 9.17) is 18.6 Å². The number of aliphatic hydroxyl groups is 1. The van der Waals surface area contributed by atoms with Crippen molar-refractivity contribution in [3.8, 4) is 17.2 Å². The Morgan fingerprint density at radius 2 is 2.08 bits per heavy atom. The van der Waals surface area contributed by atoms with Crippen LogP contribution in [0.1, 0.15) is 5.56 Å². The van der Waals surface area contributed by atoms with E-state index in [1.54, 1.807) is 12.1 Å². The lowest BCUT2D eigenvalue weighted by atomic mass is 9.92. The molecule has 0 saturated heterocycles. The van der Waals surface area contributed by atoms with Crippen LogP contribution in [0.3, 0.4) is 0 Å². The SMILES string of the molecule is COc1c2c(cc3oc4cccc(O)c4c(=O)c13)OC1OC=C[C@@]21O. The number of aromatic hydroxyl groups is 1. The van der Waals surface area contributed by atoms with Crippen molar-refractivity contribution >= 4 is 21.9 Å². The van der Waals surface area contributed by atoms with Gasteiger partial charge >= 0.3 is 0 Å². The van der Waals surface area contributed by atoms with E-state index >= 15 is 0 Å². The molecule has 0 fully saturated rings. The predicted octanol–water partition coefficient (Wildman–Crippen LogP) is 2.11. The van der Waals surface area contributed by atoms with Crippen LogP contribution in [-0.2, 0) is 10.3 Å². The number of rotatable bonds is 1. The summed E-state index contributed by atoms with van der Waals surface area (Å²) < 4.78 is 22.1. The molecule has 0 spiro atoms. The van der Waals surface area contributed by atoms with Gasteiger partial charge < -0.3 is 28.8 Å². The first-order chi connectivity index (χ1) is 12.0. The monoisotopic (exact) mass is 340 g/mol. The van der Waals surface area contributed by atoms with Crippen LogP contribution < -0.4 is 14.9 Å². The molecule has 0 radical (unpaired) electrons. The number of phenolic OH excluding ortho intramolecular Hbond substituents is 1. The van der Waals surface area contributed by atoms with E-state index in [1.165, 1.54) is 31.6 Å². The van der Waals surface area contributed by atoms with E-state index in [0.717, 1.165) is 0 Å². The van der Waals surface area contributed by atoms with Gasteiger partial charge in [0.15, 0.2) is 5.60 Å². The van der Waals surface area contributed by atoms with E-state index in [1.807, 2.05) is 0 Å². The summed E-state index contributed by atoms with van der Waals surface area (Å²) >= 11 is 0. The van der Waals surface area contributed by atoms with Crippen LogP contribution in [0.25, 0.3) is 21.9 Å². The lowest BCUT2D eigenvalue weighted by Crippen LogP contribution is -2.33. The summed E-state index contributed by atoms with van der Waals surface area (Å²) in [5.41, 5.74) is -1.25. The van der Waals surface area contributed by atoms with Crippen LogP contribution in [0.4, 0.5) is 0 Å². The van der Waals surface area contributed by atoms with E-state index in [0.29, 0.717) is 11.3 Å². The molecular weight excluding hydrogens is 328 g/mol. The third kappa shape index (κ3) is 1.60. The van der Waals surface area contributed by atoms with Gasteiger partial charge in [0.05, 0.1) is 18.9 Å². The van der Waals surface area contributed by atoms with E-state index in [9.17, 15) is 15.0 Å². The van der Waals surface area contributed by atoms with Crippen molar-refractivity contribution < 1.29 is 28.8 Å². The Kier molecular flexibility index (Phi) is 2.53. The highest BCUT2D eigenvalue weighted by atomic mass is 16.7. The number of hydrogen-bond acceptors (Lipinski definition) is 7. The third-order valence-corrected chi connectivity index (χ3v) is 4.61. The minimum absolute atomic E-state index is 0.0499. The van der Waals surface area contributed by atoms with Crippen LogP contribution in [0, 0.1) is 0 Å². The average molecular weight is 340 g/mol. The predicted molar refractivity (Wildman–Crippen MR) is 86.7 cm³/mol. The van der Waals surface area contributed by atoms with E-state index in [-0.39, 0.29) is 33.4 Å². The minimum atomic E-state index is -1.56. The summed E-state index contributed by atoms with van der Waals surface area (Å²) in [6.45, 7) is 0. The van der Waals surface area contributed by atoms with Crippen LogP contribution >= 0.6 is 0 Å². The van der Waals surface area contributed by atoms with Gasteiger partial charge in [-0.2, -0.15) is 0 Å². The number of benzene rings is 2. The van der Waals surface area contributed by atoms with Crippen molar-refractivity contribution in [1.82, 2.24) is 0 Å². The molecule has 2 aliphatic heterocycles. The van der Waals surface area contributed by atoms with Gasteiger partial charge in [-0.15, -0.1) is 0 Å². The molecule has 3 heterocycles. The van der Waals surface area contributed by atoms with Gasteiger partial charge in [-0.25, -0.2) is 0 Å². The smallest absolute Gasteiger partial charge is 0.277 e. The number of methoxy groups -OCH3 is 1. The van der Waals surface area contributed by atoms with Gasteiger partial charge in [-0.1, -0.05) is 6.07 Å². The van der Waals surface area contributed by atoms with Crippen LogP contribution in [0.15, 0.2) is 45.8 Å². The Balaban J connectivity index is 1.99. The molecule has 1 unspecified atom stereocenters. The Bertz CT molecular complexity index is 1140. The van der Waals surface area contributed by atoms with Crippen molar-refractivity contribution in [3.05, 3.63) is 52.4 Å². The zero-order valence-corrected chi connectivity index (χ0v) is 13.0. The van der Waals surface area contributed by atoms with Gasteiger partial charge in [0.25, 0.3) is 6.29 Å². The van der Waals surface area contributed by atoms with Gasteiger partial charge in [0.1, 0.15) is 39.2 Å². The Morgan fingerprint density at radius 3 is 2.88 bits per heavy atom. The normalized spacial score (nSPS) is 23.4. The molecule has 0 saturated carbocycles. The van der Waals surface area contributed by atoms with E-state index < -0.39 is 17.3 Å². The molecule has 7 heteroatoms. The average Bonchev–Trinajstić information content (AvgIpc) is 3.06. The van der Waals surface area contributed by atoms with Crippen LogP contribution in [0.5, 0.6) is 17.2 Å². The second-order valence-corrected chi connectivity index (χ2v) is 5.95. The molecule has 2 aromatic carbocycles. The molecule has 0 bridgehead atoms. The lowest BCUT2D eigenvalue weighted by Gasteiger charge is -2.19. The second-order valence-electron chi connectivity index (χ2n) is 5.95. The summed E-state index contributed by atoms with van der Waals surface area (Å²) in [6, 6.07) is 6.10. The molecule has 2 aliphatic rings. The van der Waals surface area contributed by atoms with Gasteiger partial charge in [0.2, 0.25) is 5.43 Å². The Labute approximate surface area is 140 Å². The summed E-state index contributed by atoms with van der Waals surface area (Å²) in [5, 5.41) is 21.1.